The van der Waals surface area contributed by atoms with Crippen molar-refractivity contribution in [2.75, 3.05) is 0 Å². The average molecular weight is 643 g/mol. The average Bonchev–Trinajstić information content (AvgIpc) is 3.86. The second kappa shape index (κ2) is 10.1. The molecule has 0 bridgehead atoms. The molecule has 1 atom stereocenters. The summed E-state index contributed by atoms with van der Waals surface area (Å²) in [6.45, 7) is 4.76. The Hall–Kier alpha value is -5.86. The topological polar surface area (TPSA) is 26.3 Å². The first-order chi connectivity index (χ1) is 24.5. The van der Waals surface area contributed by atoms with Gasteiger partial charge in [-0.2, -0.15) is 0 Å². The molecule has 11 rings (SSSR count). The van der Waals surface area contributed by atoms with Gasteiger partial charge in [0.1, 0.15) is 22.3 Å². The molecule has 0 amide bonds. The van der Waals surface area contributed by atoms with Gasteiger partial charge in [0, 0.05) is 38.4 Å². The zero-order valence-corrected chi connectivity index (χ0v) is 28.1. The number of para-hydroxylation sites is 2. The van der Waals surface area contributed by atoms with Crippen LogP contribution in [0.1, 0.15) is 54.0 Å². The molecule has 0 spiro atoms. The van der Waals surface area contributed by atoms with E-state index in [-0.39, 0.29) is 5.41 Å². The van der Waals surface area contributed by atoms with E-state index in [1.165, 1.54) is 50.1 Å². The smallest absolute Gasteiger partial charge is 0.143 e. The molecule has 238 valence electrons. The number of hydrogen-bond acceptors (Lipinski definition) is 2. The second-order valence-electron chi connectivity index (χ2n) is 14.8. The van der Waals surface area contributed by atoms with E-state index in [1.807, 2.05) is 12.1 Å². The van der Waals surface area contributed by atoms with Crippen LogP contribution >= 0.6 is 0 Å². The van der Waals surface area contributed by atoms with Crippen LogP contribution in [0.3, 0.4) is 0 Å². The maximum atomic E-state index is 6.58. The lowest BCUT2D eigenvalue weighted by Crippen LogP contribution is -2.15. The van der Waals surface area contributed by atoms with Gasteiger partial charge in [-0.25, -0.2) is 0 Å². The maximum absolute atomic E-state index is 6.58. The van der Waals surface area contributed by atoms with E-state index in [1.54, 1.807) is 0 Å². The number of benzene rings is 7. The van der Waals surface area contributed by atoms with Crippen molar-refractivity contribution < 1.29 is 8.83 Å². The molecule has 0 aliphatic heterocycles. The summed E-state index contributed by atoms with van der Waals surface area (Å²) >= 11 is 0. The number of furan rings is 2. The van der Waals surface area contributed by atoms with Gasteiger partial charge in [-0.15, -0.1) is 0 Å². The van der Waals surface area contributed by atoms with Crippen LogP contribution in [0.25, 0.3) is 77.3 Å². The minimum Gasteiger partial charge on any atom is -0.456 e. The first kappa shape index (κ1) is 28.0. The van der Waals surface area contributed by atoms with Crippen LogP contribution in [0.2, 0.25) is 0 Å². The lowest BCUT2D eigenvalue weighted by Gasteiger charge is -2.23. The highest BCUT2D eigenvalue weighted by atomic mass is 16.3. The molecule has 9 aromatic rings. The normalized spacial score (nSPS) is 15.5. The Morgan fingerprint density at radius 2 is 1.20 bits per heavy atom. The van der Waals surface area contributed by atoms with Crippen molar-refractivity contribution in [1.82, 2.24) is 0 Å². The van der Waals surface area contributed by atoms with Crippen LogP contribution in [0.15, 0.2) is 148 Å². The van der Waals surface area contributed by atoms with Crippen molar-refractivity contribution in [1.29, 1.82) is 0 Å². The van der Waals surface area contributed by atoms with Crippen molar-refractivity contribution >= 4 is 43.9 Å². The summed E-state index contributed by atoms with van der Waals surface area (Å²) in [5.41, 5.74) is 18.5. The lowest BCUT2D eigenvalue weighted by molar-refractivity contribution is 0.655. The third kappa shape index (κ3) is 3.85. The molecule has 0 saturated heterocycles. The summed E-state index contributed by atoms with van der Waals surface area (Å²) in [7, 11) is 0. The molecule has 0 radical (unpaired) electrons. The van der Waals surface area contributed by atoms with E-state index in [0.717, 1.165) is 67.8 Å². The molecule has 2 nitrogen and oxygen atoms in total. The summed E-state index contributed by atoms with van der Waals surface area (Å²) in [6, 6.07) is 51.0. The van der Waals surface area contributed by atoms with Crippen LogP contribution in [-0.4, -0.2) is 0 Å². The molecule has 7 aromatic carbocycles. The summed E-state index contributed by atoms with van der Waals surface area (Å²) in [4.78, 5) is 0. The Bertz CT molecular complexity index is 2860. The summed E-state index contributed by atoms with van der Waals surface area (Å²) < 4.78 is 12.9. The van der Waals surface area contributed by atoms with Crippen LogP contribution in [0, 0.1) is 0 Å². The zero-order valence-electron chi connectivity index (χ0n) is 28.1. The Balaban J connectivity index is 0.939. The molecule has 1 unspecified atom stereocenters. The SMILES string of the molecule is CC1(C)c2ccccc2-c2cc3c(cc21)C(CCc1ccc2c(c1)oc1cc(-c4cccc5c4oc4ccccc45)ccc12)c1ccccc1-3. The molecular weight excluding hydrogens is 609 g/mol. The number of rotatable bonds is 4. The van der Waals surface area contributed by atoms with E-state index in [0.29, 0.717) is 5.92 Å². The monoisotopic (exact) mass is 642 g/mol. The summed E-state index contributed by atoms with van der Waals surface area (Å²) in [5.74, 6) is 0.362. The standard InChI is InChI=1S/C48H34O2/c1-48(2)42-16-7-5-12-34(42)41-26-39-32-11-4-3-10-31(32)33(40(39)27-43(41)48)21-18-28-19-22-36-37-23-20-29(25-46(37)49-45(36)24-28)30-14-9-15-38-35-13-6-8-17-44(35)50-47(30)38/h3-17,19-20,22-27,33H,18,21H2,1-2H3. The van der Waals surface area contributed by atoms with Crippen LogP contribution < -0.4 is 0 Å². The highest BCUT2D eigenvalue weighted by molar-refractivity contribution is 6.11. The second-order valence-corrected chi connectivity index (χ2v) is 14.8. The highest BCUT2D eigenvalue weighted by Crippen LogP contribution is 2.55. The molecule has 50 heavy (non-hydrogen) atoms. The molecular formula is C48H34O2. The Kier molecular flexibility index (Phi) is 5.65. The van der Waals surface area contributed by atoms with Crippen LogP contribution in [-0.2, 0) is 11.8 Å². The molecule has 2 aliphatic carbocycles. The largest absolute Gasteiger partial charge is 0.456 e. The fourth-order valence-corrected chi connectivity index (χ4v) is 9.24. The first-order valence-corrected chi connectivity index (χ1v) is 17.8. The quantitative estimate of drug-likeness (QED) is 0.191. The fourth-order valence-electron chi connectivity index (χ4n) is 9.24. The molecule has 2 aliphatic rings. The molecule has 0 fully saturated rings. The summed E-state index contributed by atoms with van der Waals surface area (Å²) in [5, 5.41) is 4.58. The van der Waals surface area contributed by atoms with Gasteiger partial charge < -0.3 is 8.83 Å². The summed E-state index contributed by atoms with van der Waals surface area (Å²) in [6.07, 6.45) is 2.03. The van der Waals surface area contributed by atoms with Gasteiger partial charge in [0.05, 0.1) is 0 Å². The van der Waals surface area contributed by atoms with Crippen molar-refractivity contribution in [2.24, 2.45) is 0 Å². The molecule has 2 heterocycles. The van der Waals surface area contributed by atoms with Crippen molar-refractivity contribution in [3.8, 4) is 33.4 Å². The third-order valence-electron chi connectivity index (χ3n) is 11.7. The highest BCUT2D eigenvalue weighted by Gasteiger charge is 2.38. The Morgan fingerprint density at radius 3 is 2.12 bits per heavy atom. The molecule has 0 N–H and O–H groups in total. The van der Waals surface area contributed by atoms with E-state index in [2.05, 4.69) is 141 Å². The third-order valence-corrected chi connectivity index (χ3v) is 11.7. The van der Waals surface area contributed by atoms with E-state index in [4.69, 9.17) is 8.83 Å². The zero-order chi connectivity index (χ0) is 33.1. The van der Waals surface area contributed by atoms with Gasteiger partial charge in [0.2, 0.25) is 0 Å². The molecule has 0 saturated carbocycles. The van der Waals surface area contributed by atoms with E-state index >= 15 is 0 Å². The van der Waals surface area contributed by atoms with Gasteiger partial charge in [-0.3, -0.25) is 0 Å². The van der Waals surface area contributed by atoms with Gasteiger partial charge in [-0.1, -0.05) is 123 Å². The van der Waals surface area contributed by atoms with Crippen LogP contribution in [0.5, 0.6) is 0 Å². The van der Waals surface area contributed by atoms with E-state index in [9.17, 15) is 0 Å². The van der Waals surface area contributed by atoms with E-state index < -0.39 is 0 Å². The van der Waals surface area contributed by atoms with Gasteiger partial charge in [0.15, 0.2) is 0 Å². The van der Waals surface area contributed by atoms with Crippen molar-refractivity contribution in [3.63, 3.8) is 0 Å². The molecule has 2 heteroatoms. The Labute approximate surface area is 290 Å². The predicted molar refractivity (Wildman–Crippen MR) is 206 cm³/mol. The number of hydrogen-bond donors (Lipinski definition) is 0. The maximum Gasteiger partial charge on any atom is 0.143 e. The molecule has 2 aromatic heterocycles. The fraction of sp³-hybridized carbons (Fsp3) is 0.125. The van der Waals surface area contributed by atoms with Crippen molar-refractivity contribution in [2.45, 2.75) is 38.0 Å². The predicted octanol–water partition coefficient (Wildman–Crippen LogP) is 13.2. The van der Waals surface area contributed by atoms with Crippen LogP contribution in [0.4, 0.5) is 0 Å². The van der Waals surface area contributed by atoms with Crippen molar-refractivity contribution in [3.05, 3.63) is 167 Å². The number of aryl methyl sites for hydroxylation is 1. The lowest BCUT2D eigenvalue weighted by atomic mass is 9.80. The minimum atomic E-state index is -0.00888. The van der Waals surface area contributed by atoms with Gasteiger partial charge >= 0.3 is 0 Å². The Morgan fingerprint density at radius 1 is 0.480 bits per heavy atom. The van der Waals surface area contributed by atoms with Gasteiger partial charge in [-0.05, 0) is 98.8 Å². The number of fused-ring (bicyclic) bond motifs is 12. The first-order valence-electron chi connectivity index (χ1n) is 17.8. The minimum absolute atomic E-state index is 0.00888. The van der Waals surface area contributed by atoms with Gasteiger partial charge in [0.25, 0.3) is 0 Å².